The van der Waals surface area contributed by atoms with Crippen LogP contribution in [0.2, 0.25) is 0 Å². The molecule has 1 N–H and O–H groups in total. The van der Waals surface area contributed by atoms with E-state index in [0.29, 0.717) is 0 Å². The molecule has 0 spiro atoms. The molecule has 14 heavy (non-hydrogen) atoms. The van der Waals surface area contributed by atoms with Gasteiger partial charge in [-0.3, -0.25) is 0 Å². The fourth-order valence-corrected chi connectivity index (χ4v) is 1.34. The van der Waals surface area contributed by atoms with E-state index in [2.05, 4.69) is 12.2 Å². The number of nitrogens with one attached hydrogen (secondary N) is 1. The zero-order chi connectivity index (χ0) is 10.6. The van der Waals surface area contributed by atoms with Crippen LogP contribution in [0.15, 0.2) is 0 Å². The van der Waals surface area contributed by atoms with E-state index in [0.717, 1.165) is 13.1 Å². The summed E-state index contributed by atoms with van der Waals surface area (Å²) in [4.78, 5) is 0. The van der Waals surface area contributed by atoms with Gasteiger partial charge in [0, 0.05) is 20.8 Å². The summed E-state index contributed by atoms with van der Waals surface area (Å²) >= 11 is 0. The number of rotatable bonds is 10. The lowest BCUT2D eigenvalue weighted by Gasteiger charge is -2.13. The van der Waals surface area contributed by atoms with Crippen LogP contribution in [-0.2, 0) is 9.47 Å². The van der Waals surface area contributed by atoms with E-state index in [1.807, 2.05) is 0 Å². The summed E-state index contributed by atoms with van der Waals surface area (Å²) in [6.45, 7) is 4.08. The zero-order valence-electron chi connectivity index (χ0n) is 9.84. The minimum Gasteiger partial charge on any atom is -0.355 e. The number of unbranched alkanes of at least 4 members (excludes halogenated alkanes) is 4. The van der Waals surface area contributed by atoms with Crippen molar-refractivity contribution in [3.63, 3.8) is 0 Å². The molecule has 0 aliphatic rings. The van der Waals surface area contributed by atoms with Crippen molar-refractivity contribution >= 4 is 0 Å². The first-order valence-electron chi connectivity index (χ1n) is 5.61. The Kier molecular flexibility index (Phi) is 10.9. The number of ether oxygens (including phenoxy) is 2. The smallest absolute Gasteiger partial charge is 0.169 e. The van der Waals surface area contributed by atoms with Gasteiger partial charge in [-0.25, -0.2) is 0 Å². The molecule has 0 saturated carbocycles. The summed E-state index contributed by atoms with van der Waals surface area (Å²) in [7, 11) is 3.33. The fraction of sp³-hybridized carbons (Fsp3) is 1.00. The first kappa shape index (κ1) is 13.9. The lowest BCUT2D eigenvalue weighted by molar-refractivity contribution is -0.0986. The summed E-state index contributed by atoms with van der Waals surface area (Å²) in [6.07, 6.45) is 6.49. The minimum absolute atomic E-state index is 0.106. The Morgan fingerprint density at radius 3 is 2.21 bits per heavy atom. The van der Waals surface area contributed by atoms with Crippen LogP contribution in [0, 0.1) is 0 Å². The highest BCUT2D eigenvalue weighted by Gasteiger charge is 2.02. The Balaban J connectivity index is 3.04. The van der Waals surface area contributed by atoms with Gasteiger partial charge >= 0.3 is 0 Å². The maximum atomic E-state index is 5.06. The summed E-state index contributed by atoms with van der Waals surface area (Å²) in [5.41, 5.74) is 0. The van der Waals surface area contributed by atoms with Gasteiger partial charge in [-0.05, 0) is 13.0 Å². The molecule has 0 aliphatic carbocycles. The Morgan fingerprint density at radius 2 is 1.64 bits per heavy atom. The highest BCUT2D eigenvalue weighted by atomic mass is 16.7. The van der Waals surface area contributed by atoms with Gasteiger partial charge in [0.25, 0.3) is 0 Å². The maximum Gasteiger partial charge on any atom is 0.169 e. The summed E-state index contributed by atoms with van der Waals surface area (Å²) in [6, 6.07) is 0. The normalized spacial score (nSPS) is 11.1. The largest absolute Gasteiger partial charge is 0.355 e. The van der Waals surface area contributed by atoms with Crippen molar-refractivity contribution in [1.82, 2.24) is 5.32 Å². The standard InChI is InChI=1S/C11H25NO2/c1-4-5-6-7-8-9-12-10-11(13-2)14-3/h11-12H,4-10H2,1-3H3. The number of hydrogen-bond donors (Lipinski definition) is 1. The molecular weight excluding hydrogens is 178 g/mol. The summed E-state index contributed by atoms with van der Waals surface area (Å²) in [5.74, 6) is 0. The molecule has 0 aromatic rings. The summed E-state index contributed by atoms with van der Waals surface area (Å²) < 4.78 is 10.1. The van der Waals surface area contributed by atoms with Crippen LogP contribution in [0.25, 0.3) is 0 Å². The second-order valence-electron chi connectivity index (χ2n) is 3.52. The van der Waals surface area contributed by atoms with E-state index in [1.54, 1.807) is 14.2 Å². The van der Waals surface area contributed by atoms with Crippen molar-refractivity contribution in [2.45, 2.75) is 45.3 Å². The second-order valence-corrected chi connectivity index (χ2v) is 3.52. The zero-order valence-corrected chi connectivity index (χ0v) is 9.84. The molecule has 0 bridgehead atoms. The van der Waals surface area contributed by atoms with Crippen molar-refractivity contribution in [1.29, 1.82) is 0 Å². The molecule has 0 unspecified atom stereocenters. The van der Waals surface area contributed by atoms with Gasteiger partial charge in [0.05, 0.1) is 0 Å². The molecule has 0 amide bonds. The van der Waals surface area contributed by atoms with Gasteiger partial charge in [-0.1, -0.05) is 32.6 Å². The van der Waals surface area contributed by atoms with Crippen molar-refractivity contribution in [2.24, 2.45) is 0 Å². The lowest BCUT2D eigenvalue weighted by atomic mass is 10.1. The third-order valence-electron chi connectivity index (χ3n) is 2.29. The molecule has 0 saturated heterocycles. The Morgan fingerprint density at radius 1 is 1.00 bits per heavy atom. The van der Waals surface area contributed by atoms with Crippen molar-refractivity contribution in [3.8, 4) is 0 Å². The second kappa shape index (κ2) is 11.0. The Bertz CT molecular complexity index is 105. The third kappa shape index (κ3) is 8.48. The molecule has 0 rings (SSSR count). The predicted molar refractivity (Wildman–Crippen MR) is 59.4 cm³/mol. The average molecular weight is 203 g/mol. The van der Waals surface area contributed by atoms with Gasteiger partial charge in [0.15, 0.2) is 6.29 Å². The SMILES string of the molecule is CCCCCCCNCC(OC)OC. The van der Waals surface area contributed by atoms with Gasteiger partial charge in [-0.15, -0.1) is 0 Å². The van der Waals surface area contributed by atoms with E-state index in [9.17, 15) is 0 Å². The molecule has 0 aromatic heterocycles. The number of hydrogen-bond acceptors (Lipinski definition) is 3. The van der Waals surface area contributed by atoms with Crippen LogP contribution < -0.4 is 5.32 Å². The van der Waals surface area contributed by atoms with Gasteiger partial charge in [0.1, 0.15) is 0 Å². The first-order chi connectivity index (χ1) is 6.85. The molecule has 0 atom stereocenters. The Hall–Kier alpha value is -0.120. The van der Waals surface area contributed by atoms with E-state index >= 15 is 0 Å². The molecule has 3 heteroatoms. The summed E-state index contributed by atoms with van der Waals surface area (Å²) in [5, 5.41) is 3.31. The van der Waals surface area contributed by atoms with Crippen LogP contribution in [0.4, 0.5) is 0 Å². The molecule has 3 nitrogen and oxygen atoms in total. The molecule has 0 heterocycles. The van der Waals surface area contributed by atoms with Gasteiger partial charge in [-0.2, -0.15) is 0 Å². The minimum atomic E-state index is -0.106. The van der Waals surface area contributed by atoms with Crippen LogP contribution in [-0.4, -0.2) is 33.6 Å². The molecule has 0 fully saturated rings. The van der Waals surface area contributed by atoms with E-state index in [-0.39, 0.29) is 6.29 Å². The predicted octanol–water partition coefficient (Wildman–Crippen LogP) is 2.17. The number of methoxy groups -OCH3 is 2. The molecule has 86 valence electrons. The van der Waals surface area contributed by atoms with Crippen molar-refractivity contribution in [2.75, 3.05) is 27.3 Å². The first-order valence-corrected chi connectivity index (χ1v) is 5.61. The van der Waals surface area contributed by atoms with E-state index in [4.69, 9.17) is 9.47 Å². The van der Waals surface area contributed by atoms with E-state index < -0.39 is 0 Å². The topological polar surface area (TPSA) is 30.5 Å². The van der Waals surface area contributed by atoms with Gasteiger partial charge in [0.2, 0.25) is 0 Å². The lowest BCUT2D eigenvalue weighted by Crippen LogP contribution is -2.30. The monoisotopic (exact) mass is 203 g/mol. The van der Waals surface area contributed by atoms with Gasteiger partial charge < -0.3 is 14.8 Å². The third-order valence-corrected chi connectivity index (χ3v) is 2.29. The highest BCUT2D eigenvalue weighted by Crippen LogP contribution is 2.01. The van der Waals surface area contributed by atoms with Crippen LogP contribution >= 0.6 is 0 Å². The van der Waals surface area contributed by atoms with Crippen LogP contribution in [0.1, 0.15) is 39.0 Å². The van der Waals surface area contributed by atoms with Crippen molar-refractivity contribution in [3.05, 3.63) is 0 Å². The van der Waals surface area contributed by atoms with Crippen LogP contribution in [0.5, 0.6) is 0 Å². The average Bonchev–Trinajstić information content (AvgIpc) is 2.22. The quantitative estimate of drug-likeness (QED) is 0.436. The fourth-order valence-electron chi connectivity index (χ4n) is 1.34. The molecule has 0 aliphatic heterocycles. The van der Waals surface area contributed by atoms with Crippen molar-refractivity contribution < 1.29 is 9.47 Å². The van der Waals surface area contributed by atoms with E-state index in [1.165, 1.54) is 32.1 Å². The highest BCUT2D eigenvalue weighted by molar-refractivity contribution is 4.51. The maximum absolute atomic E-state index is 5.06. The van der Waals surface area contributed by atoms with Crippen LogP contribution in [0.3, 0.4) is 0 Å². The molecule has 0 aromatic carbocycles. The Labute approximate surface area is 88.2 Å². The molecular formula is C11H25NO2. The molecule has 0 radical (unpaired) electrons.